The summed E-state index contributed by atoms with van der Waals surface area (Å²) in [5.74, 6) is -0.947. The van der Waals surface area contributed by atoms with Gasteiger partial charge in [-0.05, 0) is 6.07 Å². The number of carbonyl (C=O) groups is 1. The van der Waals surface area contributed by atoms with E-state index in [1.165, 1.54) is 12.3 Å². The summed E-state index contributed by atoms with van der Waals surface area (Å²) in [5, 5.41) is 19.1. The molecule has 5 nitrogen and oxygen atoms in total. The van der Waals surface area contributed by atoms with Crippen molar-refractivity contribution in [1.82, 2.24) is 0 Å². The van der Waals surface area contributed by atoms with Gasteiger partial charge in [0.15, 0.2) is 0 Å². The fraction of sp³-hybridized carbons (Fsp3) is 0.500. The molecule has 2 rings (SSSR count). The summed E-state index contributed by atoms with van der Waals surface area (Å²) >= 11 is 0. The summed E-state index contributed by atoms with van der Waals surface area (Å²) in [7, 11) is 0. The van der Waals surface area contributed by atoms with Gasteiger partial charge in [-0.15, -0.1) is 0 Å². The zero-order valence-electron chi connectivity index (χ0n) is 8.10. The number of aromatic carboxylic acids is 1. The van der Waals surface area contributed by atoms with Crippen LogP contribution in [0.15, 0.2) is 16.7 Å². The molecule has 0 unspecified atom stereocenters. The topological polar surface area (TPSA) is 79.9 Å². The number of carboxylic acids is 1. The molecule has 0 amide bonds. The van der Waals surface area contributed by atoms with Gasteiger partial charge < -0.3 is 19.4 Å². The maximum absolute atomic E-state index is 10.9. The van der Waals surface area contributed by atoms with Crippen LogP contribution < -0.4 is 0 Å². The van der Waals surface area contributed by atoms with E-state index in [-0.39, 0.29) is 11.3 Å². The number of aliphatic hydroxyl groups is 1. The van der Waals surface area contributed by atoms with Crippen molar-refractivity contribution < 1.29 is 24.2 Å². The average molecular weight is 212 g/mol. The minimum absolute atomic E-state index is 0.0272. The monoisotopic (exact) mass is 212 g/mol. The van der Waals surface area contributed by atoms with E-state index in [0.717, 1.165) is 0 Å². The molecule has 1 aliphatic heterocycles. The highest BCUT2D eigenvalue weighted by atomic mass is 16.5. The van der Waals surface area contributed by atoms with Gasteiger partial charge in [0, 0.05) is 26.1 Å². The molecule has 15 heavy (non-hydrogen) atoms. The predicted molar refractivity (Wildman–Crippen MR) is 49.6 cm³/mol. The maximum atomic E-state index is 10.9. The smallest absolute Gasteiger partial charge is 0.339 e. The first-order valence-corrected chi connectivity index (χ1v) is 4.75. The SMILES string of the molecule is O=C(O)c1ccoc1C1(O)CCOCC1. The van der Waals surface area contributed by atoms with Crippen molar-refractivity contribution in [2.75, 3.05) is 13.2 Å². The summed E-state index contributed by atoms with van der Waals surface area (Å²) < 4.78 is 10.2. The van der Waals surface area contributed by atoms with Gasteiger partial charge in [-0.2, -0.15) is 0 Å². The van der Waals surface area contributed by atoms with Crippen LogP contribution >= 0.6 is 0 Å². The molecule has 0 aliphatic carbocycles. The number of hydrogen-bond donors (Lipinski definition) is 2. The predicted octanol–water partition coefficient (Wildman–Crippen LogP) is 0.976. The Morgan fingerprint density at radius 3 is 2.67 bits per heavy atom. The molecule has 1 saturated heterocycles. The lowest BCUT2D eigenvalue weighted by Crippen LogP contribution is -2.34. The molecule has 2 N–H and O–H groups in total. The molecular formula is C10H12O5. The van der Waals surface area contributed by atoms with E-state index >= 15 is 0 Å². The van der Waals surface area contributed by atoms with Crippen molar-refractivity contribution in [2.24, 2.45) is 0 Å². The molecule has 0 radical (unpaired) electrons. The first kappa shape index (κ1) is 10.2. The number of rotatable bonds is 2. The summed E-state index contributed by atoms with van der Waals surface area (Å²) in [6.45, 7) is 0.826. The Morgan fingerprint density at radius 2 is 2.07 bits per heavy atom. The summed E-state index contributed by atoms with van der Waals surface area (Å²) in [6, 6.07) is 1.35. The highest BCUT2D eigenvalue weighted by molar-refractivity contribution is 5.89. The largest absolute Gasteiger partial charge is 0.478 e. The molecule has 1 aromatic rings. The minimum atomic E-state index is -1.20. The normalized spacial score (nSPS) is 20.1. The quantitative estimate of drug-likeness (QED) is 0.763. The maximum Gasteiger partial charge on any atom is 0.339 e. The van der Waals surface area contributed by atoms with Crippen molar-refractivity contribution in [2.45, 2.75) is 18.4 Å². The second kappa shape index (κ2) is 3.67. The van der Waals surface area contributed by atoms with Crippen molar-refractivity contribution in [3.8, 4) is 0 Å². The van der Waals surface area contributed by atoms with E-state index in [1.807, 2.05) is 0 Å². The molecule has 1 aliphatic rings. The van der Waals surface area contributed by atoms with Crippen LogP contribution in [0, 0.1) is 0 Å². The van der Waals surface area contributed by atoms with Crippen LogP contribution in [0.25, 0.3) is 0 Å². The zero-order valence-corrected chi connectivity index (χ0v) is 8.10. The Morgan fingerprint density at radius 1 is 1.40 bits per heavy atom. The average Bonchev–Trinajstić information content (AvgIpc) is 2.67. The fourth-order valence-corrected chi connectivity index (χ4v) is 1.77. The van der Waals surface area contributed by atoms with Gasteiger partial charge in [-0.3, -0.25) is 0 Å². The second-order valence-electron chi connectivity index (χ2n) is 3.61. The Hall–Kier alpha value is -1.33. The van der Waals surface area contributed by atoms with Crippen LogP contribution in [-0.2, 0) is 10.3 Å². The van der Waals surface area contributed by atoms with E-state index in [2.05, 4.69) is 0 Å². The van der Waals surface area contributed by atoms with Crippen LogP contribution in [0.2, 0.25) is 0 Å². The van der Waals surface area contributed by atoms with Crippen LogP contribution in [0.1, 0.15) is 29.0 Å². The molecule has 0 bridgehead atoms. The van der Waals surface area contributed by atoms with E-state index in [9.17, 15) is 9.90 Å². The van der Waals surface area contributed by atoms with E-state index < -0.39 is 11.6 Å². The van der Waals surface area contributed by atoms with Crippen LogP contribution in [0.4, 0.5) is 0 Å². The number of ether oxygens (including phenoxy) is 1. The third kappa shape index (κ3) is 1.75. The van der Waals surface area contributed by atoms with Gasteiger partial charge >= 0.3 is 5.97 Å². The van der Waals surface area contributed by atoms with Crippen molar-refractivity contribution >= 4 is 5.97 Å². The molecule has 0 spiro atoms. The van der Waals surface area contributed by atoms with E-state index in [0.29, 0.717) is 26.1 Å². The van der Waals surface area contributed by atoms with Crippen molar-refractivity contribution in [3.63, 3.8) is 0 Å². The molecule has 5 heteroatoms. The van der Waals surface area contributed by atoms with Gasteiger partial charge in [-0.1, -0.05) is 0 Å². The van der Waals surface area contributed by atoms with Gasteiger partial charge in [0.1, 0.15) is 16.9 Å². The Balaban J connectivity index is 2.34. The fourth-order valence-electron chi connectivity index (χ4n) is 1.77. The summed E-state index contributed by atoms with van der Waals surface area (Å²) in [5.41, 5.74) is -1.17. The van der Waals surface area contributed by atoms with Gasteiger partial charge in [0.2, 0.25) is 0 Å². The van der Waals surface area contributed by atoms with Crippen LogP contribution in [-0.4, -0.2) is 29.4 Å². The summed E-state index contributed by atoms with van der Waals surface area (Å²) in [6.07, 6.45) is 2.01. The van der Waals surface area contributed by atoms with Gasteiger partial charge in [0.05, 0.1) is 6.26 Å². The van der Waals surface area contributed by atoms with Crippen molar-refractivity contribution in [3.05, 3.63) is 23.7 Å². The zero-order chi connectivity index (χ0) is 10.9. The molecule has 2 heterocycles. The number of hydrogen-bond acceptors (Lipinski definition) is 4. The van der Waals surface area contributed by atoms with Crippen molar-refractivity contribution in [1.29, 1.82) is 0 Å². The van der Waals surface area contributed by atoms with E-state index in [4.69, 9.17) is 14.3 Å². The molecule has 0 atom stereocenters. The Kier molecular flexibility index (Phi) is 2.50. The first-order valence-electron chi connectivity index (χ1n) is 4.75. The minimum Gasteiger partial charge on any atom is -0.478 e. The molecular weight excluding hydrogens is 200 g/mol. The molecule has 1 aromatic heterocycles. The van der Waals surface area contributed by atoms with Crippen LogP contribution in [0.5, 0.6) is 0 Å². The lowest BCUT2D eigenvalue weighted by atomic mass is 9.89. The van der Waals surface area contributed by atoms with Gasteiger partial charge in [0.25, 0.3) is 0 Å². The Labute approximate surface area is 86.3 Å². The number of furan rings is 1. The standard InChI is InChI=1S/C10H12O5/c11-9(12)7-1-4-15-8(7)10(13)2-5-14-6-3-10/h1,4,13H,2-3,5-6H2,(H,11,12). The van der Waals surface area contributed by atoms with E-state index in [1.54, 1.807) is 0 Å². The first-order chi connectivity index (χ1) is 7.13. The summed E-state index contributed by atoms with van der Waals surface area (Å²) in [4.78, 5) is 10.9. The highest BCUT2D eigenvalue weighted by Crippen LogP contribution is 2.34. The van der Waals surface area contributed by atoms with Crippen LogP contribution in [0.3, 0.4) is 0 Å². The Bertz CT molecular complexity index is 362. The lowest BCUT2D eigenvalue weighted by Gasteiger charge is -2.30. The van der Waals surface area contributed by atoms with Gasteiger partial charge in [-0.25, -0.2) is 4.79 Å². The highest BCUT2D eigenvalue weighted by Gasteiger charge is 2.38. The lowest BCUT2D eigenvalue weighted by molar-refractivity contribution is -0.0806. The third-order valence-electron chi connectivity index (χ3n) is 2.64. The second-order valence-corrected chi connectivity index (χ2v) is 3.61. The molecule has 1 fully saturated rings. The molecule has 0 aromatic carbocycles. The number of carboxylic acid groups (broad SMARTS) is 1. The molecule has 0 saturated carbocycles. The third-order valence-corrected chi connectivity index (χ3v) is 2.64. The molecule has 82 valence electrons.